The molecule has 42 heavy (non-hydrogen) atoms. The first-order valence-corrected chi connectivity index (χ1v) is 14.2. The minimum atomic E-state index is -0.676. The standard InChI is InChI=1S/C30H39N7O5/c1-8-41-28(39)24-20-10-9-18-17-31-29(33-23(18)25(20)36(6)34-24)32-22-16-19(37-13-11-35(5)12-14-37)15-21(26(22)40-7)27(38)42-30(2,3)4/h15-17H,8-14H2,1-7H3,(H,31,32,33). The molecule has 0 atom stereocenters. The summed E-state index contributed by atoms with van der Waals surface area (Å²) in [7, 11) is 5.42. The molecule has 0 amide bonds. The predicted molar refractivity (Wildman–Crippen MR) is 159 cm³/mol. The molecule has 3 heterocycles. The smallest absolute Gasteiger partial charge is 0.359 e. The molecule has 1 aliphatic heterocycles. The first-order valence-electron chi connectivity index (χ1n) is 14.2. The highest BCUT2D eigenvalue weighted by Gasteiger charge is 2.30. The van der Waals surface area contributed by atoms with Gasteiger partial charge in [0.2, 0.25) is 5.95 Å². The molecule has 2 aromatic heterocycles. The van der Waals surface area contributed by atoms with Gasteiger partial charge in [0.15, 0.2) is 11.4 Å². The molecule has 1 N–H and O–H groups in total. The molecule has 5 rings (SSSR count). The number of methoxy groups -OCH3 is 1. The van der Waals surface area contributed by atoms with E-state index in [1.54, 1.807) is 24.9 Å². The lowest BCUT2D eigenvalue weighted by Crippen LogP contribution is -2.44. The van der Waals surface area contributed by atoms with E-state index in [0.29, 0.717) is 47.2 Å². The van der Waals surface area contributed by atoms with Crippen LogP contribution in [-0.2, 0) is 29.4 Å². The maximum Gasteiger partial charge on any atom is 0.359 e. The molecule has 3 aromatic rings. The molecule has 12 heteroatoms. The number of hydrogen-bond acceptors (Lipinski definition) is 11. The molecule has 12 nitrogen and oxygen atoms in total. The Morgan fingerprint density at radius 1 is 1.05 bits per heavy atom. The number of rotatable bonds is 7. The zero-order valence-electron chi connectivity index (χ0n) is 25.4. The van der Waals surface area contributed by atoms with Gasteiger partial charge < -0.3 is 29.3 Å². The molecule has 1 aromatic carbocycles. The Hall–Kier alpha value is -4.19. The number of ether oxygens (including phenoxy) is 3. The number of anilines is 3. The maximum absolute atomic E-state index is 13.4. The molecule has 0 spiro atoms. The van der Waals surface area contributed by atoms with Crippen molar-refractivity contribution in [2.75, 3.05) is 57.2 Å². The molecule has 0 bridgehead atoms. The summed E-state index contributed by atoms with van der Waals surface area (Å²) in [4.78, 5) is 39.9. The summed E-state index contributed by atoms with van der Waals surface area (Å²) >= 11 is 0. The van der Waals surface area contributed by atoms with Crippen LogP contribution in [-0.4, -0.2) is 89.1 Å². The van der Waals surface area contributed by atoms with E-state index in [1.165, 1.54) is 7.11 Å². The molecule has 0 saturated carbocycles. The lowest BCUT2D eigenvalue weighted by Gasteiger charge is -2.34. The van der Waals surface area contributed by atoms with E-state index in [4.69, 9.17) is 19.2 Å². The Morgan fingerprint density at radius 2 is 1.79 bits per heavy atom. The van der Waals surface area contributed by atoms with Crippen LogP contribution < -0.4 is 15.0 Å². The minimum Gasteiger partial charge on any atom is -0.494 e. The number of hydrogen-bond donors (Lipinski definition) is 1. The molecule has 1 saturated heterocycles. The number of benzene rings is 1. The molecule has 1 fully saturated rings. The van der Waals surface area contributed by atoms with Gasteiger partial charge in [-0.1, -0.05) is 0 Å². The molecule has 0 unspecified atom stereocenters. The quantitative estimate of drug-likeness (QED) is 0.414. The van der Waals surface area contributed by atoms with Gasteiger partial charge in [0.1, 0.15) is 11.2 Å². The Morgan fingerprint density at radius 3 is 2.45 bits per heavy atom. The summed E-state index contributed by atoms with van der Waals surface area (Å²) in [6.07, 6.45) is 3.10. The van der Waals surface area contributed by atoms with E-state index in [2.05, 4.69) is 32.2 Å². The van der Waals surface area contributed by atoms with Gasteiger partial charge in [-0.25, -0.2) is 19.6 Å². The number of likely N-dealkylation sites (N-methyl/N-ethyl adjacent to an activating group) is 1. The largest absolute Gasteiger partial charge is 0.494 e. The van der Waals surface area contributed by atoms with Crippen molar-refractivity contribution in [2.24, 2.45) is 7.05 Å². The van der Waals surface area contributed by atoms with Gasteiger partial charge in [-0.15, -0.1) is 0 Å². The van der Waals surface area contributed by atoms with E-state index in [0.717, 1.165) is 48.7 Å². The normalized spacial score (nSPS) is 15.1. The van der Waals surface area contributed by atoms with Crippen molar-refractivity contribution in [1.29, 1.82) is 0 Å². The van der Waals surface area contributed by atoms with Crippen molar-refractivity contribution in [1.82, 2.24) is 24.6 Å². The minimum absolute atomic E-state index is 0.275. The van der Waals surface area contributed by atoms with Crippen molar-refractivity contribution in [3.63, 3.8) is 0 Å². The summed E-state index contributed by atoms with van der Waals surface area (Å²) < 4.78 is 18.4. The highest BCUT2D eigenvalue weighted by molar-refractivity contribution is 5.97. The van der Waals surface area contributed by atoms with Crippen molar-refractivity contribution in [3.05, 3.63) is 40.7 Å². The first kappa shape index (κ1) is 29.3. The SMILES string of the molecule is CCOC(=O)c1nn(C)c2c1CCc1cnc(Nc3cc(N4CCN(C)CC4)cc(C(=O)OC(C)(C)C)c3OC)nc1-2. The van der Waals surface area contributed by atoms with E-state index in [1.807, 2.05) is 32.9 Å². The average Bonchev–Trinajstić information content (AvgIpc) is 3.29. The second kappa shape index (κ2) is 11.6. The molecule has 224 valence electrons. The fourth-order valence-corrected chi connectivity index (χ4v) is 5.36. The number of nitrogens with zero attached hydrogens (tertiary/aromatic N) is 6. The molecule has 2 aliphatic rings. The van der Waals surface area contributed by atoms with Gasteiger partial charge >= 0.3 is 11.9 Å². The Kier molecular flexibility index (Phi) is 8.09. The Labute approximate surface area is 246 Å². The van der Waals surface area contributed by atoms with E-state index in [-0.39, 0.29) is 6.61 Å². The molecular weight excluding hydrogens is 538 g/mol. The summed E-state index contributed by atoms with van der Waals surface area (Å²) in [6.45, 7) is 11.0. The van der Waals surface area contributed by atoms with Gasteiger partial charge in [0.05, 0.1) is 30.8 Å². The molecule has 1 aliphatic carbocycles. The third-order valence-electron chi connectivity index (χ3n) is 7.36. The third kappa shape index (κ3) is 5.89. The lowest BCUT2D eigenvalue weighted by atomic mass is 9.93. The van der Waals surface area contributed by atoms with Crippen molar-refractivity contribution in [2.45, 2.75) is 46.1 Å². The number of nitrogens with one attached hydrogen (secondary N) is 1. The van der Waals surface area contributed by atoms with Crippen LogP contribution in [0.1, 0.15) is 59.7 Å². The zero-order chi connectivity index (χ0) is 30.2. The molecule has 0 radical (unpaired) electrons. The van der Waals surface area contributed by atoms with Crippen molar-refractivity contribution >= 4 is 29.3 Å². The maximum atomic E-state index is 13.4. The van der Waals surface area contributed by atoms with Crippen LogP contribution in [0, 0.1) is 0 Å². The van der Waals surface area contributed by atoms with Gasteiger partial charge in [-0.2, -0.15) is 5.10 Å². The second-order valence-corrected chi connectivity index (χ2v) is 11.6. The van der Waals surface area contributed by atoms with E-state index >= 15 is 0 Å². The van der Waals surface area contributed by atoms with Crippen LogP contribution in [0.3, 0.4) is 0 Å². The fourth-order valence-electron chi connectivity index (χ4n) is 5.36. The summed E-state index contributed by atoms with van der Waals surface area (Å²) in [5, 5.41) is 7.77. The number of fused-ring (bicyclic) bond motifs is 3. The highest BCUT2D eigenvalue weighted by Crippen LogP contribution is 2.39. The van der Waals surface area contributed by atoms with Crippen LogP contribution in [0.25, 0.3) is 11.4 Å². The Balaban J connectivity index is 1.55. The van der Waals surface area contributed by atoms with E-state index in [9.17, 15) is 9.59 Å². The topological polar surface area (TPSA) is 124 Å². The van der Waals surface area contributed by atoms with Crippen molar-refractivity contribution in [3.8, 4) is 17.1 Å². The number of carbonyl (C=O) groups is 2. The van der Waals surface area contributed by atoms with E-state index < -0.39 is 17.5 Å². The van der Waals surface area contributed by atoms with Crippen LogP contribution in [0.5, 0.6) is 5.75 Å². The summed E-state index contributed by atoms with van der Waals surface area (Å²) in [6, 6.07) is 3.78. The van der Waals surface area contributed by atoms with Gasteiger partial charge in [0, 0.05) is 50.7 Å². The average molecular weight is 578 g/mol. The fraction of sp³-hybridized carbons (Fsp3) is 0.500. The summed E-state index contributed by atoms with van der Waals surface area (Å²) in [5.41, 5.74) is 4.60. The van der Waals surface area contributed by atoms with Crippen LogP contribution in [0.2, 0.25) is 0 Å². The van der Waals surface area contributed by atoms with Crippen LogP contribution in [0.4, 0.5) is 17.3 Å². The Bertz CT molecular complexity index is 1500. The number of carbonyl (C=O) groups excluding carboxylic acids is 2. The zero-order valence-corrected chi connectivity index (χ0v) is 25.4. The lowest BCUT2D eigenvalue weighted by molar-refractivity contribution is 0.00663. The molecular formula is C30H39N7O5. The number of aryl methyl sites for hydroxylation is 2. The van der Waals surface area contributed by atoms with Crippen LogP contribution >= 0.6 is 0 Å². The highest BCUT2D eigenvalue weighted by atomic mass is 16.6. The number of esters is 2. The van der Waals surface area contributed by atoms with Gasteiger partial charge in [-0.05, 0) is 65.3 Å². The predicted octanol–water partition coefficient (Wildman–Crippen LogP) is 3.61. The number of aromatic nitrogens is 4. The van der Waals surface area contributed by atoms with Gasteiger partial charge in [0.25, 0.3) is 0 Å². The van der Waals surface area contributed by atoms with Crippen LogP contribution in [0.15, 0.2) is 18.3 Å². The number of piperazine rings is 1. The third-order valence-corrected chi connectivity index (χ3v) is 7.36. The monoisotopic (exact) mass is 577 g/mol. The second-order valence-electron chi connectivity index (χ2n) is 11.6. The first-order chi connectivity index (χ1) is 20.0. The summed E-state index contributed by atoms with van der Waals surface area (Å²) in [5.74, 6) is -0.250. The van der Waals surface area contributed by atoms with Crippen molar-refractivity contribution < 1.29 is 23.8 Å². The van der Waals surface area contributed by atoms with Gasteiger partial charge in [-0.3, -0.25) is 4.68 Å².